The Bertz CT molecular complexity index is 734. The highest BCUT2D eigenvalue weighted by molar-refractivity contribution is 6.30. The SMILES string of the molecule is CN(Cc1cc(F)cc(Cl)c1)c1ccc(-c2cnc[nH]2)cc1. The zero-order chi connectivity index (χ0) is 15.5. The lowest BCUT2D eigenvalue weighted by Crippen LogP contribution is -2.16. The lowest BCUT2D eigenvalue weighted by molar-refractivity contribution is 0.625. The van der Waals surface area contributed by atoms with Gasteiger partial charge in [0.2, 0.25) is 0 Å². The van der Waals surface area contributed by atoms with Gasteiger partial charge < -0.3 is 9.88 Å². The molecule has 0 spiro atoms. The average molecular weight is 316 g/mol. The first kappa shape index (κ1) is 14.6. The van der Waals surface area contributed by atoms with Gasteiger partial charge in [-0.25, -0.2) is 9.37 Å². The smallest absolute Gasteiger partial charge is 0.125 e. The molecule has 5 heteroatoms. The van der Waals surface area contributed by atoms with Gasteiger partial charge in [0.25, 0.3) is 0 Å². The molecule has 2 aromatic carbocycles. The van der Waals surface area contributed by atoms with Crippen LogP contribution in [0.3, 0.4) is 0 Å². The summed E-state index contributed by atoms with van der Waals surface area (Å²) < 4.78 is 13.4. The number of benzene rings is 2. The van der Waals surface area contributed by atoms with Crippen LogP contribution in [0.15, 0.2) is 55.0 Å². The molecule has 1 heterocycles. The molecule has 0 bridgehead atoms. The van der Waals surface area contributed by atoms with Gasteiger partial charge in [-0.1, -0.05) is 23.7 Å². The Balaban J connectivity index is 1.76. The van der Waals surface area contributed by atoms with Gasteiger partial charge in [0.05, 0.1) is 18.2 Å². The molecule has 22 heavy (non-hydrogen) atoms. The van der Waals surface area contributed by atoms with E-state index in [-0.39, 0.29) is 5.82 Å². The molecule has 112 valence electrons. The van der Waals surface area contributed by atoms with Crippen LogP contribution in [0, 0.1) is 5.82 Å². The van der Waals surface area contributed by atoms with Crippen LogP contribution < -0.4 is 4.90 Å². The fraction of sp³-hybridized carbons (Fsp3) is 0.118. The van der Waals surface area contributed by atoms with E-state index in [0.29, 0.717) is 11.6 Å². The van der Waals surface area contributed by atoms with E-state index in [1.54, 1.807) is 18.6 Å². The van der Waals surface area contributed by atoms with E-state index in [9.17, 15) is 4.39 Å². The van der Waals surface area contributed by atoms with E-state index in [0.717, 1.165) is 22.5 Å². The molecule has 1 aromatic heterocycles. The largest absolute Gasteiger partial charge is 0.370 e. The maximum atomic E-state index is 13.4. The summed E-state index contributed by atoms with van der Waals surface area (Å²) in [4.78, 5) is 9.13. The summed E-state index contributed by atoms with van der Waals surface area (Å²) in [6.45, 7) is 0.584. The number of H-pyrrole nitrogens is 1. The summed E-state index contributed by atoms with van der Waals surface area (Å²) in [7, 11) is 1.96. The van der Waals surface area contributed by atoms with Crippen molar-refractivity contribution in [3.63, 3.8) is 0 Å². The second kappa shape index (κ2) is 6.20. The standard InChI is InChI=1S/C17H15ClFN3/c1-22(10-12-6-14(18)8-15(19)7-12)16-4-2-13(3-5-16)17-9-20-11-21-17/h2-9,11H,10H2,1H3,(H,20,21). The van der Waals surface area contributed by atoms with Crippen molar-refractivity contribution in [2.75, 3.05) is 11.9 Å². The Morgan fingerprint density at radius 3 is 2.59 bits per heavy atom. The van der Waals surface area contributed by atoms with Crippen molar-refractivity contribution < 1.29 is 4.39 Å². The summed E-state index contributed by atoms with van der Waals surface area (Å²) >= 11 is 5.89. The van der Waals surface area contributed by atoms with Crippen molar-refractivity contribution >= 4 is 17.3 Å². The first-order valence-electron chi connectivity index (χ1n) is 6.87. The van der Waals surface area contributed by atoms with Crippen LogP contribution in [0.1, 0.15) is 5.56 Å². The first-order chi connectivity index (χ1) is 10.6. The minimum atomic E-state index is -0.314. The van der Waals surface area contributed by atoms with E-state index >= 15 is 0 Å². The first-order valence-corrected chi connectivity index (χ1v) is 7.24. The van der Waals surface area contributed by atoms with E-state index in [4.69, 9.17) is 11.6 Å². The molecule has 0 amide bonds. The molecule has 0 radical (unpaired) electrons. The normalized spacial score (nSPS) is 10.7. The van der Waals surface area contributed by atoms with Gasteiger partial charge in [0.1, 0.15) is 5.82 Å². The minimum absolute atomic E-state index is 0.314. The number of nitrogens with one attached hydrogen (secondary N) is 1. The molecule has 0 atom stereocenters. The molecule has 3 aromatic rings. The highest BCUT2D eigenvalue weighted by Gasteiger charge is 2.06. The number of aromatic nitrogens is 2. The molecule has 0 saturated carbocycles. The van der Waals surface area contributed by atoms with Crippen molar-refractivity contribution in [1.82, 2.24) is 9.97 Å². The van der Waals surface area contributed by atoms with Gasteiger partial charge in [-0.05, 0) is 41.5 Å². The average Bonchev–Trinajstić information content (AvgIpc) is 3.00. The number of anilines is 1. The van der Waals surface area contributed by atoms with E-state index in [2.05, 4.69) is 9.97 Å². The number of rotatable bonds is 4. The molecule has 0 aliphatic carbocycles. The topological polar surface area (TPSA) is 31.9 Å². The number of hydrogen-bond donors (Lipinski definition) is 1. The number of imidazole rings is 1. The van der Waals surface area contributed by atoms with Crippen LogP contribution >= 0.6 is 11.6 Å². The zero-order valence-corrected chi connectivity index (χ0v) is 12.8. The molecular formula is C17H15ClFN3. The number of nitrogens with zero attached hydrogens (tertiary/aromatic N) is 2. The second-order valence-electron chi connectivity index (χ2n) is 5.15. The Hall–Kier alpha value is -2.33. The lowest BCUT2D eigenvalue weighted by atomic mass is 10.1. The molecule has 0 aliphatic rings. The second-order valence-corrected chi connectivity index (χ2v) is 5.58. The van der Waals surface area contributed by atoms with Gasteiger partial charge in [-0.3, -0.25) is 0 Å². The van der Waals surface area contributed by atoms with Crippen molar-refractivity contribution in [3.05, 3.63) is 71.4 Å². The Labute approximate surface area is 133 Å². The lowest BCUT2D eigenvalue weighted by Gasteiger charge is -2.20. The van der Waals surface area contributed by atoms with Crippen LogP contribution in [-0.2, 0) is 6.54 Å². The minimum Gasteiger partial charge on any atom is -0.370 e. The molecule has 3 nitrogen and oxygen atoms in total. The molecule has 1 N–H and O–H groups in total. The molecule has 0 saturated heterocycles. The van der Waals surface area contributed by atoms with Crippen LogP contribution in [0.5, 0.6) is 0 Å². The van der Waals surface area contributed by atoms with Gasteiger partial charge in [-0.2, -0.15) is 0 Å². The van der Waals surface area contributed by atoms with E-state index < -0.39 is 0 Å². The zero-order valence-electron chi connectivity index (χ0n) is 12.1. The summed E-state index contributed by atoms with van der Waals surface area (Å²) in [5.74, 6) is -0.314. The summed E-state index contributed by atoms with van der Waals surface area (Å²) in [6.07, 6.45) is 3.44. The Morgan fingerprint density at radius 1 is 1.18 bits per heavy atom. The maximum Gasteiger partial charge on any atom is 0.125 e. The van der Waals surface area contributed by atoms with Gasteiger partial charge in [0.15, 0.2) is 0 Å². The third-order valence-electron chi connectivity index (χ3n) is 3.46. The quantitative estimate of drug-likeness (QED) is 0.768. The Kier molecular flexibility index (Phi) is 4.11. The van der Waals surface area contributed by atoms with Crippen molar-refractivity contribution in [3.8, 4) is 11.3 Å². The van der Waals surface area contributed by atoms with Crippen LogP contribution in [0.4, 0.5) is 10.1 Å². The van der Waals surface area contributed by atoms with Gasteiger partial charge >= 0.3 is 0 Å². The summed E-state index contributed by atoms with van der Waals surface area (Å²) in [5, 5.41) is 0.415. The predicted molar refractivity (Wildman–Crippen MR) is 87.5 cm³/mol. The number of hydrogen-bond acceptors (Lipinski definition) is 2. The van der Waals surface area contributed by atoms with Crippen molar-refractivity contribution in [2.45, 2.75) is 6.54 Å². The summed E-state index contributed by atoms with van der Waals surface area (Å²) in [6, 6.07) is 12.7. The van der Waals surface area contributed by atoms with Crippen LogP contribution in [-0.4, -0.2) is 17.0 Å². The predicted octanol–water partition coefficient (Wildman–Crippen LogP) is 4.51. The molecule has 0 aliphatic heterocycles. The fourth-order valence-electron chi connectivity index (χ4n) is 2.38. The molecular weight excluding hydrogens is 301 g/mol. The Morgan fingerprint density at radius 2 is 1.95 bits per heavy atom. The number of halogens is 2. The van der Waals surface area contributed by atoms with E-state index in [1.165, 1.54) is 12.1 Å². The van der Waals surface area contributed by atoms with Gasteiger partial charge in [0, 0.05) is 24.3 Å². The molecule has 3 rings (SSSR count). The molecule has 0 fully saturated rings. The van der Waals surface area contributed by atoms with Crippen molar-refractivity contribution in [2.24, 2.45) is 0 Å². The number of aromatic amines is 1. The van der Waals surface area contributed by atoms with Crippen molar-refractivity contribution in [1.29, 1.82) is 0 Å². The maximum absolute atomic E-state index is 13.4. The van der Waals surface area contributed by atoms with Crippen LogP contribution in [0.25, 0.3) is 11.3 Å². The third-order valence-corrected chi connectivity index (χ3v) is 3.68. The highest BCUT2D eigenvalue weighted by atomic mass is 35.5. The van der Waals surface area contributed by atoms with Crippen LogP contribution in [0.2, 0.25) is 5.02 Å². The highest BCUT2D eigenvalue weighted by Crippen LogP contribution is 2.22. The fourth-order valence-corrected chi connectivity index (χ4v) is 2.62. The van der Waals surface area contributed by atoms with Gasteiger partial charge in [-0.15, -0.1) is 0 Å². The molecule has 0 unspecified atom stereocenters. The monoisotopic (exact) mass is 315 g/mol. The third kappa shape index (κ3) is 3.28. The summed E-state index contributed by atoms with van der Waals surface area (Å²) in [5.41, 5.74) is 3.93. The van der Waals surface area contributed by atoms with E-state index in [1.807, 2.05) is 36.2 Å².